The molecule has 1 heterocycles. The summed E-state index contributed by atoms with van der Waals surface area (Å²) in [5.74, 6) is 0. The third kappa shape index (κ3) is 1.79. The fraction of sp³-hybridized carbons (Fsp3) is 0.308. The van der Waals surface area contributed by atoms with Gasteiger partial charge in [0.1, 0.15) is 0 Å². The molecule has 0 amide bonds. The van der Waals surface area contributed by atoms with Gasteiger partial charge in [-0.25, -0.2) is 4.98 Å². The van der Waals surface area contributed by atoms with Gasteiger partial charge in [0, 0.05) is 15.3 Å². The molecule has 0 atom stereocenters. The van der Waals surface area contributed by atoms with E-state index in [-0.39, 0.29) is 5.41 Å². The molecule has 0 aliphatic heterocycles. The molecule has 2 nitrogen and oxygen atoms in total. The van der Waals surface area contributed by atoms with Crippen molar-refractivity contribution < 1.29 is 0 Å². The first kappa shape index (κ1) is 11.2. The largest absolute Gasteiger partial charge is 0.375 e. The third-order valence-corrected chi connectivity index (χ3v) is 4.82. The smallest absolute Gasteiger partial charge is 0.180 e. The summed E-state index contributed by atoms with van der Waals surface area (Å²) in [5, 5.41) is 2.78. The molecule has 1 aromatic heterocycles. The lowest BCUT2D eigenvalue weighted by Gasteiger charge is -2.41. The molecule has 0 radical (unpaired) electrons. The van der Waals surface area contributed by atoms with Crippen LogP contribution in [0.25, 0.3) is 0 Å². The van der Waals surface area contributed by atoms with Crippen LogP contribution in [0.15, 0.2) is 34.1 Å². The fourth-order valence-electron chi connectivity index (χ4n) is 2.50. The number of rotatable bonds is 2. The van der Waals surface area contributed by atoms with Crippen LogP contribution >= 0.6 is 27.3 Å². The van der Waals surface area contributed by atoms with E-state index in [9.17, 15) is 0 Å². The van der Waals surface area contributed by atoms with Crippen LogP contribution in [-0.2, 0) is 5.41 Å². The van der Waals surface area contributed by atoms with E-state index in [1.165, 1.54) is 36.2 Å². The highest BCUT2D eigenvalue weighted by Gasteiger charge is 2.42. The first-order valence-corrected chi connectivity index (χ1v) is 7.35. The van der Waals surface area contributed by atoms with Crippen molar-refractivity contribution in [3.63, 3.8) is 0 Å². The Morgan fingerprint density at radius 1 is 1.24 bits per heavy atom. The second kappa shape index (κ2) is 4.10. The number of thiazole rings is 1. The first-order valence-electron chi connectivity index (χ1n) is 5.68. The highest BCUT2D eigenvalue weighted by atomic mass is 79.9. The van der Waals surface area contributed by atoms with Gasteiger partial charge >= 0.3 is 0 Å². The lowest BCUT2D eigenvalue weighted by molar-refractivity contribution is 0.295. The minimum absolute atomic E-state index is 0.120. The number of anilines is 1. The summed E-state index contributed by atoms with van der Waals surface area (Å²) in [6.45, 7) is 0. The molecule has 0 saturated heterocycles. The van der Waals surface area contributed by atoms with Crippen LogP contribution in [0, 0.1) is 0 Å². The van der Waals surface area contributed by atoms with E-state index < -0.39 is 0 Å². The lowest BCUT2D eigenvalue weighted by Crippen LogP contribution is -2.35. The molecule has 1 saturated carbocycles. The summed E-state index contributed by atoms with van der Waals surface area (Å²) < 4.78 is 1.12. The van der Waals surface area contributed by atoms with Crippen molar-refractivity contribution in [3.8, 4) is 0 Å². The van der Waals surface area contributed by atoms with E-state index >= 15 is 0 Å². The fourth-order valence-corrected chi connectivity index (χ4v) is 3.43. The van der Waals surface area contributed by atoms with Gasteiger partial charge in [-0.05, 0) is 30.5 Å². The van der Waals surface area contributed by atoms with Gasteiger partial charge in [-0.15, -0.1) is 11.3 Å². The van der Waals surface area contributed by atoms with Crippen LogP contribution in [0.2, 0.25) is 0 Å². The standard InChI is InChI=1S/C13H13BrN2S/c14-10-4-2-9(3-5-10)13(6-1-7-13)11-8-17-12(15)16-11/h2-5,8H,1,6-7H2,(H2,15,16). The molecular formula is C13H13BrN2S. The predicted molar refractivity (Wildman–Crippen MR) is 75.3 cm³/mol. The van der Waals surface area contributed by atoms with Gasteiger partial charge in [-0.1, -0.05) is 34.5 Å². The van der Waals surface area contributed by atoms with Crippen LogP contribution in [0.5, 0.6) is 0 Å². The average molecular weight is 309 g/mol. The van der Waals surface area contributed by atoms with Crippen molar-refractivity contribution in [2.24, 2.45) is 0 Å². The Labute approximate surface area is 113 Å². The van der Waals surface area contributed by atoms with Gasteiger partial charge in [0.25, 0.3) is 0 Å². The van der Waals surface area contributed by atoms with E-state index in [1.54, 1.807) is 0 Å². The summed E-state index contributed by atoms with van der Waals surface area (Å²) >= 11 is 5.01. The van der Waals surface area contributed by atoms with Gasteiger partial charge in [0.05, 0.1) is 5.69 Å². The minimum Gasteiger partial charge on any atom is -0.375 e. The molecule has 88 valence electrons. The number of nitrogens with two attached hydrogens (primary N) is 1. The molecule has 0 unspecified atom stereocenters. The van der Waals surface area contributed by atoms with Crippen LogP contribution < -0.4 is 5.73 Å². The molecule has 1 aliphatic carbocycles. The monoisotopic (exact) mass is 308 g/mol. The maximum Gasteiger partial charge on any atom is 0.180 e. The summed E-state index contributed by atoms with van der Waals surface area (Å²) in [6, 6.07) is 8.59. The molecule has 3 rings (SSSR count). The summed E-state index contributed by atoms with van der Waals surface area (Å²) in [6.07, 6.45) is 3.63. The second-order valence-corrected chi connectivity index (χ2v) is 6.32. The van der Waals surface area contributed by atoms with Crippen molar-refractivity contribution in [3.05, 3.63) is 45.4 Å². The van der Waals surface area contributed by atoms with E-state index in [0.29, 0.717) is 5.13 Å². The highest BCUT2D eigenvalue weighted by molar-refractivity contribution is 9.10. The molecule has 17 heavy (non-hydrogen) atoms. The molecular weight excluding hydrogens is 296 g/mol. The van der Waals surface area contributed by atoms with Gasteiger partial charge in [-0.2, -0.15) is 0 Å². The van der Waals surface area contributed by atoms with E-state index in [1.807, 2.05) is 0 Å². The zero-order valence-electron chi connectivity index (χ0n) is 9.32. The molecule has 2 N–H and O–H groups in total. The zero-order chi connectivity index (χ0) is 11.9. The highest BCUT2D eigenvalue weighted by Crippen LogP contribution is 2.49. The number of halogens is 1. The van der Waals surface area contributed by atoms with Gasteiger partial charge in [0.15, 0.2) is 5.13 Å². The Bertz CT molecular complexity index is 529. The number of aromatic nitrogens is 1. The Kier molecular flexibility index (Phi) is 2.71. The molecule has 1 aromatic carbocycles. The van der Waals surface area contributed by atoms with Crippen molar-refractivity contribution in [2.75, 3.05) is 5.73 Å². The van der Waals surface area contributed by atoms with Crippen LogP contribution in [0.1, 0.15) is 30.5 Å². The number of nitrogen functional groups attached to an aromatic ring is 1. The topological polar surface area (TPSA) is 38.9 Å². The Hall–Kier alpha value is -0.870. The zero-order valence-corrected chi connectivity index (χ0v) is 11.7. The SMILES string of the molecule is Nc1nc(C2(c3ccc(Br)cc3)CCC2)cs1. The summed E-state index contributed by atoms with van der Waals surface area (Å²) in [4.78, 5) is 4.49. The maximum atomic E-state index is 5.76. The van der Waals surface area contributed by atoms with Crippen molar-refractivity contribution in [1.29, 1.82) is 0 Å². The number of benzene rings is 1. The van der Waals surface area contributed by atoms with E-state index in [0.717, 1.165) is 10.2 Å². The first-order chi connectivity index (χ1) is 8.21. The number of hydrogen-bond donors (Lipinski definition) is 1. The average Bonchev–Trinajstić information content (AvgIpc) is 2.67. The lowest BCUT2D eigenvalue weighted by atomic mass is 9.63. The Balaban J connectivity index is 2.05. The molecule has 0 spiro atoms. The second-order valence-electron chi connectivity index (χ2n) is 4.51. The van der Waals surface area contributed by atoms with E-state index in [2.05, 4.69) is 50.6 Å². The quantitative estimate of drug-likeness (QED) is 0.912. The van der Waals surface area contributed by atoms with Crippen molar-refractivity contribution in [1.82, 2.24) is 4.98 Å². The summed E-state index contributed by atoms with van der Waals surface area (Å²) in [5.41, 5.74) is 8.38. The van der Waals surface area contributed by atoms with Crippen LogP contribution in [0.3, 0.4) is 0 Å². The summed E-state index contributed by atoms with van der Waals surface area (Å²) in [7, 11) is 0. The number of nitrogens with zero attached hydrogens (tertiary/aromatic N) is 1. The van der Waals surface area contributed by atoms with Gasteiger partial charge < -0.3 is 5.73 Å². The predicted octanol–water partition coefficient (Wildman–Crippen LogP) is 3.96. The normalized spacial score (nSPS) is 17.7. The number of hydrogen-bond acceptors (Lipinski definition) is 3. The molecule has 1 aliphatic rings. The molecule has 1 fully saturated rings. The molecule has 0 bridgehead atoms. The van der Waals surface area contributed by atoms with Crippen molar-refractivity contribution in [2.45, 2.75) is 24.7 Å². The van der Waals surface area contributed by atoms with Gasteiger partial charge in [-0.3, -0.25) is 0 Å². The molecule has 2 aromatic rings. The van der Waals surface area contributed by atoms with Crippen molar-refractivity contribution >= 4 is 32.4 Å². The van der Waals surface area contributed by atoms with Gasteiger partial charge in [0.2, 0.25) is 0 Å². The van der Waals surface area contributed by atoms with Crippen LogP contribution in [0.4, 0.5) is 5.13 Å². The van der Waals surface area contributed by atoms with Crippen LogP contribution in [-0.4, -0.2) is 4.98 Å². The van der Waals surface area contributed by atoms with E-state index in [4.69, 9.17) is 5.73 Å². The Morgan fingerprint density at radius 3 is 2.41 bits per heavy atom. The maximum absolute atomic E-state index is 5.76. The molecule has 4 heteroatoms. The minimum atomic E-state index is 0.120. The Morgan fingerprint density at radius 2 is 1.94 bits per heavy atom. The third-order valence-electron chi connectivity index (χ3n) is 3.62.